The fourth-order valence-electron chi connectivity index (χ4n) is 2.97. The number of H-pyrrole nitrogens is 1. The molecule has 2 atom stereocenters. The maximum atomic E-state index is 13.5. The second-order valence-corrected chi connectivity index (χ2v) is 6.45. The number of carbonyl (C=O) groups is 2. The highest BCUT2D eigenvalue weighted by atomic mass is 35.5. The van der Waals surface area contributed by atoms with Crippen molar-refractivity contribution < 1.29 is 14.0 Å². The number of aromatic amines is 1. The predicted octanol–water partition coefficient (Wildman–Crippen LogP) is 1.12. The number of nitrogens with zero attached hydrogens (tertiary/aromatic N) is 1. The van der Waals surface area contributed by atoms with E-state index in [1.165, 1.54) is 18.5 Å². The maximum absolute atomic E-state index is 13.5. The highest BCUT2D eigenvalue weighted by Crippen LogP contribution is 2.29. The zero-order valence-corrected chi connectivity index (χ0v) is 14.4. The predicted molar refractivity (Wildman–Crippen MR) is 93.5 cm³/mol. The summed E-state index contributed by atoms with van der Waals surface area (Å²) in [5.74, 6) is -1.86. The van der Waals surface area contributed by atoms with E-state index in [-0.39, 0.29) is 23.3 Å². The van der Waals surface area contributed by atoms with Crippen LogP contribution in [0.3, 0.4) is 0 Å². The van der Waals surface area contributed by atoms with E-state index in [1.54, 1.807) is 0 Å². The smallest absolute Gasteiger partial charge is 0.288 e. The summed E-state index contributed by atoms with van der Waals surface area (Å²) in [6.07, 6.45) is 1.84. The Labute approximate surface area is 153 Å². The molecule has 9 heteroatoms. The summed E-state index contributed by atoms with van der Waals surface area (Å²) in [6, 6.07) is 3.18. The van der Waals surface area contributed by atoms with Crippen molar-refractivity contribution in [3.8, 4) is 0 Å². The topological polar surface area (TPSA) is 113 Å². The molecular formula is C17H17ClFN5O2. The molecule has 5 N–H and O–H groups in total. The minimum atomic E-state index is -0.782. The molecule has 1 amide bonds. The Morgan fingerprint density at radius 2 is 2.19 bits per heavy atom. The molecule has 0 aliphatic heterocycles. The first-order valence-electron chi connectivity index (χ1n) is 7.86. The first kappa shape index (κ1) is 17.9. The number of carbonyl (C=O) groups excluding carboxylic acids is 2. The van der Waals surface area contributed by atoms with Crippen molar-refractivity contribution >= 4 is 23.3 Å². The lowest BCUT2D eigenvalue weighted by Crippen LogP contribution is -2.45. The molecule has 1 aliphatic carbocycles. The van der Waals surface area contributed by atoms with Gasteiger partial charge in [-0.1, -0.05) is 24.2 Å². The van der Waals surface area contributed by atoms with Crippen molar-refractivity contribution in [3.05, 3.63) is 64.7 Å². The number of nitrogens with two attached hydrogens (primary N) is 1. The number of hydrogen-bond donors (Lipinski definition) is 4. The van der Waals surface area contributed by atoms with Gasteiger partial charge in [-0.3, -0.25) is 9.59 Å². The van der Waals surface area contributed by atoms with Gasteiger partial charge >= 0.3 is 0 Å². The third kappa shape index (κ3) is 3.70. The number of rotatable bonds is 6. The average molecular weight is 378 g/mol. The molecule has 7 nitrogen and oxygen atoms in total. The van der Waals surface area contributed by atoms with Gasteiger partial charge in [0.05, 0.1) is 34.9 Å². The van der Waals surface area contributed by atoms with Crippen LogP contribution in [0.4, 0.5) is 4.39 Å². The van der Waals surface area contributed by atoms with Gasteiger partial charge in [0.15, 0.2) is 0 Å². The molecule has 2 aromatic rings. The molecule has 1 heterocycles. The van der Waals surface area contributed by atoms with Crippen LogP contribution in [-0.4, -0.2) is 27.7 Å². The van der Waals surface area contributed by atoms with Crippen LogP contribution in [0.2, 0.25) is 5.02 Å². The van der Waals surface area contributed by atoms with Gasteiger partial charge in [-0.05, 0) is 17.7 Å². The SMILES string of the molecule is C=C(N)N[C@H]1Cc2[nH]cnc2[C@@H]1NC(=O)C(=O)Cc1ccc(Cl)c(F)c1. The molecule has 3 rings (SSSR count). The summed E-state index contributed by atoms with van der Waals surface area (Å²) in [5, 5.41) is 5.60. The third-order valence-electron chi connectivity index (χ3n) is 4.13. The van der Waals surface area contributed by atoms with E-state index in [9.17, 15) is 14.0 Å². The zero-order chi connectivity index (χ0) is 18.8. The van der Waals surface area contributed by atoms with Gasteiger partial charge in [0, 0.05) is 18.5 Å². The van der Waals surface area contributed by atoms with Crippen molar-refractivity contribution in [2.24, 2.45) is 5.73 Å². The molecule has 0 spiro atoms. The Balaban J connectivity index is 1.70. The van der Waals surface area contributed by atoms with Crippen molar-refractivity contribution in [3.63, 3.8) is 0 Å². The summed E-state index contributed by atoms with van der Waals surface area (Å²) in [7, 11) is 0. The number of Topliss-reactive ketones (excluding diaryl/α,β-unsaturated/α-hetero) is 1. The fraction of sp³-hybridized carbons (Fsp3) is 0.235. The van der Waals surface area contributed by atoms with E-state index in [2.05, 4.69) is 27.2 Å². The number of imidazole rings is 1. The molecule has 0 radical (unpaired) electrons. The molecular weight excluding hydrogens is 361 g/mol. The number of ketones is 1. The second-order valence-electron chi connectivity index (χ2n) is 6.05. The number of hydrogen-bond acceptors (Lipinski definition) is 5. The summed E-state index contributed by atoms with van der Waals surface area (Å²) in [5.41, 5.74) is 7.45. The molecule has 1 aliphatic rings. The van der Waals surface area contributed by atoms with Crippen LogP contribution in [-0.2, 0) is 22.4 Å². The molecule has 136 valence electrons. The molecule has 26 heavy (non-hydrogen) atoms. The van der Waals surface area contributed by atoms with Crippen molar-refractivity contribution in [1.82, 2.24) is 20.6 Å². The van der Waals surface area contributed by atoms with Crippen LogP contribution >= 0.6 is 11.6 Å². The van der Waals surface area contributed by atoms with E-state index in [1.807, 2.05) is 0 Å². The van der Waals surface area contributed by atoms with Gasteiger partial charge in [0.1, 0.15) is 5.82 Å². The molecule has 1 aromatic heterocycles. The standard InChI is InChI=1S/C17H17ClFN5O2/c1-8(20)23-13-6-12-15(22-7-21-12)16(13)24-17(26)14(25)5-9-2-3-10(18)11(19)4-9/h2-4,7,13,16,23H,1,5-6,20H2,(H,21,22)(H,24,26)/t13-,16+/m0/s1. The first-order chi connectivity index (χ1) is 12.3. The Kier molecular flexibility index (Phi) is 4.94. The molecule has 0 unspecified atom stereocenters. The minimum absolute atomic E-state index is 0.0430. The normalized spacial score (nSPS) is 18.2. The van der Waals surface area contributed by atoms with Gasteiger partial charge in [0.25, 0.3) is 5.91 Å². The van der Waals surface area contributed by atoms with Gasteiger partial charge in [-0.25, -0.2) is 9.37 Å². The highest BCUT2D eigenvalue weighted by Gasteiger charge is 2.37. The lowest BCUT2D eigenvalue weighted by Gasteiger charge is -2.22. The number of nitrogens with one attached hydrogen (secondary N) is 3. The van der Waals surface area contributed by atoms with Crippen LogP contribution in [0.1, 0.15) is 23.0 Å². The molecule has 0 saturated heterocycles. The van der Waals surface area contributed by atoms with Crippen molar-refractivity contribution in [1.29, 1.82) is 0 Å². The molecule has 0 bridgehead atoms. The van der Waals surface area contributed by atoms with Crippen LogP contribution in [0.5, 0.6) is 0 Å². The Hall–Kier alpha value is -2.87. The Morgan fingerprint density at radius 3 is 2.88 bits per heavy atom. The number of aromatic nitrogens is 2. The summed E-state index contributed by atoms with van der Waals surface area (Å²) >= 11 is 5.61. The van der Waals surface area contributed by atoms with Crippen LogP contribution in [0.25, 0.3) is 0 Å². The third-order valence-corrected chi connectivity index (χ3v) is 4.44. The monoisotopic (exact) mass is 377 g/mol. The fourth-order valence-corrected chi connectivity index (χ4v) is 3.09. The molecule has 0 saturated carbocycles. The minimum Gasteiger partial charge on any atom is -0.386 e. The highest BCUT2D eigenvalue weighted by molar-refractivity contribution is 6.36. The van der Waals surface area contributed by atoms with Crippen LogP contribution in [0, 0.1) is 5.82 Å². The van der Waals surface area contributed by atoms with E-state index >= 15 is 0 Å². The van der Waals surface area contributed by atoms with Gasteiger partial charge in [-0.2, -0.15) is 0 Å². The Morgan fingerprint density at radius 1 is 1.42 bits per heavy atom. The average Bonchev–Trinajstić information content (AvgIpc) is 3.13. The van der Waals surface area contributed by atoms with E-state index in [0.29, 0.717) is 17.7 Å². The van der Waals surface area contributed by atoms with E-state index < -0.39 is 23.5 Å². The van der Waals surface area contributed by atoms with Gasteiger partial charge in [-0.15, -0.1) is 0 Å². The Bertz CT molecular complexity index is 882. The van der Waals surface area contributed by atoms with Crippen LogP contribution < -0.4 is 16.4 Å². The summed E-state index contributed by atoms with van der Waals surface area (Å²) < 4.78 is 13.5. The lowest BCUT2D eigenvalue weighted by atomic mass is 10.1. The number of halogens is 2. The molecule has 0 fully saturated rings. The van der Waals surface area contributed by atoms with Gasteiger partial charge in [0.2, 0.25) is 5.78 Å². The van der Waals surface area contributed by atoms with Crippen LogP contribution in [0.15, 0.2) is 36.9 Å². The number of fused-ring (bicyclic) bond motifs is 1. The van der Waals surface area contributed by atoms with E-state index in [4.69, 9.17) is 17.3 Å². The second kappa shape index (κ2) is 7.17. The quantitative estimate of drug-likeness (QED) is 0.563. The zero-order valence-electron chi connectivity index (χ0n) is 13.7. The summed E-state index contributed by atoms with van der Waals surface area (Å²) in [4.78, 5) is 31.7. The van der Waals surface area contributed by atoms with Crippen molar-refractivity contribution in [2.75, 3.05) is 0 Å². The molecule has 1 aromatic carbocycles. The first-order valence-corrected chi connectivity index (χ1v) is 8.23. The van der Waals surface area contributed by atoms with Gasteiger partial charge < -0.3 is 21.4 Å². The number of amides is 1. The lowest BCUT2D eigenvalue weighted by molar-refractivity contribution is -0.138. The largest absolute Gasteiger partial charge is 0.386 e. The summed E-state index contributed by atoms with van der Waals surface area (Å²) in [6.45, 7) is 3.60. The maximum Gasteiger partial charge on any atom is 0.288 e. The van der Waals surface area contributed by atoms with Crippen molar-refractivity contribution in [2.45, 2.75) is 24.9 Å². The number of benzene rings is 1. The van der Waals surface area contributed by atoms with E-state index in [0.717, 1.165) is 11.8 Å².